The van der Waals surface area contributed by atoms with E-state index >= 15 is 0 Å². The van der Waals surface area contributed by atoms with Gasteiger partial charge in [0.2, 0.25) is 11.8 Å². The normalized spacial score (nSPS) is 20.6. The van der Waals surface area contributed by atoms with Crippen LogP contribution in [-0.4, -0.2) is 136 Å². The van der Waals surface area contributed by atoms with E-state index in [4.69, 9.17) is 24.3 Å². The van der Waals surface area contributed by atoms with Crippen molar-refractivity contribution in [2.45, 2.75) is 116 Å². The molecule has 2 aromatic heterocycles. The van der Waals surface area contributed by atoms with Crippen molar-refractivity contribution in [2.24, 2.45) is 5.41 Å². The van der Waals surface area contributed by atoms with Crippen LogP contribution in [0.15, 0.2) is 12.7 Å². The van der Waals surface area contributed by atoms with Crippen LogP contribution in [0, 0.1) is 5.41 Å². The highest BCUT2D eigenvalue weighted by atomic mass is 32.2. The molecular weight excluding hydrogens is 919 g/mol. The van der Waals surface area contributed by atoms with Gasteiger partial charge in [0.05, 0.1) is 26.1 Å². The van der Waals surface area contributed by atoms with Crippen molar-refractivity contribution in [1.29, 1.82) is 0 Å². The van der Waals surface area contributed by atoms with Gasteiger partial charge in [0.15, 0.2) is 22.8 Å². The van der Waals surface area contributed by atoms with Crippen LogP contribution in [0.4, 0.5) is 5.82 Å². The van der Waals surface area contributed by atoms with E-state index < -0.39 is 84.6 Å². The Balaban J connectivity index is 1.35. The maximum Gasteiger partial charge on any atom is 0.481 e. The Bertz CT molecular complexity index is 1930. The Kier molecular flexibility index (Phi) is 22.6. The number of nitrogens with zero attached hydrogens (tertiary/aromatic N) is 4. The predicted molar refractivity (Wildman–Crippen MR) is 225 cm³/mol. The number of nitrogens with one attached hydrogen (secondary N) is 2. The van der Waals surface area contributed by atoms with Crippen molar-refractivity contribution < 1.29 is 85.2 Å². The average Bonchev–Trinajstić information content (AvgIpc) is 3.76. The Morgan fingerprint density at radius 1 is 0.937 bits per heavy atom. The summed E-state index contributed by atoms with van der Waals surface area (Å²) in [4.78, 5) is 88.0. The highest BCUT2D eigenvalue weighted by Gasteiger charge is 2.50. The molecule has 0 saturated carbocycles. The van der Waals surface area contributed by atoms with Gasteiger partial charge >= 0.3 is 23.5 Å². The molecule has 0 spiro atoms. The predicted octanol–water partition coefficient (Wildman–Crippen LogP) is 2.21. The van der Waals surface area contributed by atoms with Gasteiger partial charge in [-0.15, -0.1) is 0 Å². The third-order valence-electron chi connectivity index (χ3n) is 9.36. The second-order valence-electron chi connectivity index (χ2n) is 15.1. The van der Waals surface area contributed by atoms with Gasteiger partial charge in [-0.3, -0.25) is 32.5 Å². The first-order valence-corrected chi connectivity index (χ1v) is 25.7. The molecule has 360 valence electrons. The lowest BCUT2D eigenvalue weighted by Gasteiger charge is -2.30. The zero-order chi connectivity index (χ0) is 46.8. The number of amides is 2. The van der Waals surface area contributed by atoms with Crippen LogP contribution in [0.1, 0.15) is 91.2 Å². The summed E-state index contributed by atoms with van der Waals surface area (Å²) in [6, 6.07) is 0. The fraction of sp³-hybridized carbons (Fsp3) is 0.765. The summed E-state index contributed by atoms with van der Waals surface area (Å²) in [7, 11) is -16.4. The Morgan fingerprint density at radius 3 is 2.29 bits per heavy atom. The van der Waals surface area contributed by atoms with Crippen molar-refractivity contribution in [2.75, 3.05) is 51.0 Å². The molecule has 0 aliphatic carbocycles. The molecule has 0 aromatic carbocycles. The number of hydrogen-bond acceptors (Lipinski definition) is 19. The molecule has 29 heteroatoms. The molecule has 1 aliphatic heterocycles. The number of aliphatic hydroxyl groups excluding tert-OH is 2. The molecule has 2 aromatic rings. The van der Waals surface area contributed by atoms with Crippen LogP contribution in [0.3, 0.4) is 0 Å². The fourth-order valence-corrected chi connectivity index (χ4v) is 9.45. The number of nitrogens with two attached hydrogens (primary N) is 1. The molecule has 1 fully saturated rings. The minimum atomic E-state index is -5.58. The number of carbonyl (C=O) groups is 3. The van der Waals surface area contributed by atoms with Crippen LogP contribution in [0.2, 0.25) is 0 Å². The Morgan fingerprint density at radius 2 is 1.60 bits per heavy atom. The summed E-state index contributed by atoms with van der Waals surface area (Å²) < 4.78 is 67.8. The molecule has 7 atom stereocenters. The van der Waals surface area contributed by atoms with Crippen LogP contribution in [0.25, 0.3) is 11.2 Å². The van der Waals surface area contributed by atoms with E-state index in [1.807, 2.05) is 0 Å². The van der Waals surface area contributed by atoms with Crippen molar-refractivity contribution in [3.63, 3.8) is 0 Å². The summed E-state index contributed by atoms with van der Waals surface area (Å²) >= 11 is 1.07. The summed E-state index contributed by atoms with van der Waals surface area (Å²) in [6.45, 7) is 3.65. The number of imidazole rings is 1. The molecule has 63 heavy (non-hydrogen) atoms. The van der Waals surface area contributed by atoms with Crippen molar-refractivity contribution in [3.05, 3.63) is 12.7 Å². The lowest BCUT2D eigenvalue weighted by Crippen LogP contribution is -2.46. The highest BCUT2D eigenvalue weighted by molar-refractivity contribution is 8.13. The highest BCUT2D eigenvalue weighted by Crippen LogP contribution is 2.61. The minimum absolute atomic E-state index is 0.0308. The molecule has 25 nitrogen and oxygen atoms in total. The van der Waals surface area contributed by atoms with E-state index in [0.29, 0.717) is 19.0 Å². The minimum Gasteiger partial charge on any atom is -0.386 e. The van der Waals surface area contributed by atoms with Crippen molar-refractivity contribution in [1.82, 2.24) is 30.2 Å². The number of rotatable bonds is 31. The van der Waals surface area contributed by atoms with Gasteiger partial charge in [-0.25, -0.2) is 28.6 Å². The third-order valence-corrected chi connectivity index (χ3v) is 13.4. The Hall–Kier alpha value is -2.48. The number of hydrogen-bond donors (Lipinski definition) is 9. The van der Waals surface area contributed by atoms with Gasteiger partial charge in [0, 0.05) is 43.7 Å². The lowest BCUT2D eigenvalue weighted by molar-refractivity contribution is -0.137. The number of thioether (sulfide) groups is 1. The topological polar surface area (TPSA) is 373 Å². The van der Waals surface area contributed by atoms with Crippen LogP contribution < -0.4 is 16.4 Å². The van der Waals surface area contributed by atoms with Crippen molar-refractivity contribution in [3.8, 4) is 0 Å². The second-order valence-corrected chi connectivity index (χ2v) is 20.5. The lowest BCUT2D eigenvalue weighted by atomic mass is 9.87. The first-order chi connectivity index (χ1) is 29.6. The van der Waals surface area contributed by atoms with Crippen LogP contribution in [0.5, 0.6) is 0 Å². The van der Waals surface area contributed by atoms with Gasteiger partial charge < -0.3 is 55.6 Å². The molecule has 1 saturated heterocycles. The summed E-state index contributed by atoms with van der Waals surface area (Å²) in [6.07, 6.45) is 2.90. The maximum atomic E-state index is 12.7. The third kappa shape index (κ3) is 19.5. The van der Waals surface area contributed by atoms with Gasteiger partial charge in [-0.1, -0.05) is 77.5 Å². The first-order valence-electron chi connectivity index (χ1n) is 20.2. The number of ether oxygens (including phenoxy) is 2. The molecule has 0 bridgehead atoms. The van der Waals surface area contributed by atoms with E-state index in [-0.39, 0.29) is 48.0 Å². The molecule has 2 amide bonds. The molecule has 1 aliphatic rings. The fourth-order valence-electron chi connectivity index (χ4n) is 5.96. The number of aromatic nitrogens is 4. The number of phosphoric ester groups is 3. The van der Waals surface area contributed by atoms with Crippen LogP contribution in [-0.2, 0) is 55.4 Å². The largest absolute Gasteiger partial charge is 0.481 e. The maximum absolute atomic E-state index is 12.7. The smallest absolute Gasteiger partial charge is 0.386 e. The number of anilines is 1. The van der Waals surface area contributed by atoms with Gasteiger partial charge in [0.1, 0.15) is 36.3 Å². The zero-order valence-electron chi connectivity index (χ0n) is 35.3. The number of fused-ring (bicyclic) bond motifs is 1. The first kappa shape index (κ1) is 54.9. The number of nitrogen functional groups attached to an aromatic ring is 1. The zero-order valence-corrected chi connectivity index (χ0v) is 38.8. The number of aliphatic hydroxyl groups is 2. The van der Waals surface area contributed by atoms with Gasteiger partial charge in [-0.05, 0) is 6.42 Å². The van der Waals surface area contributed by atoms with Gasteiger partial charge in [0.25, 0.3) is 0 Å². The monoisotopic (exact) mass is 979 g/mol. The standard InChI is InChI=1S/C34H60N7O18P3S/c1-4-5-6-7-8-9-10-11-16-54-17-13-25(43)63-18-15-36-24(42)12-14-37-32(46)29(45)34(2,3)20-56-62(52,53)59-61(50,51)55-19-23-28(58-60(47,48)49)27(44)33(57-23)41-22-40-26-30(35)38-21-39-31(26)41/h21-23,27-29,33,44-45H,4-20H2,1-3H3,(H,36,42)(H,37,46)(H,50,51)(H,52,53)(H2,35,38,39)(H2,47,48,49)/t23-,27-,28-,29+,33-/m1/s1. The number of carbonyl (C=O) groups excluding carboxylic acids is 3. The van der Waals surface area contributed by atoms with Crippen molar-refractivity contribution >= 4 is 69.1 Å². The van der Waals surface area contributed by atoms with E-state index in [1.165, 1.54) is 52.4 Å². The van der Waals surface area contributed by atoms with E-state index in [9.17, 15) is 57.9 Å². The van der Waals surface area contributed by atoms with E-state index in [2.05, 4.69) is 41.3 Å². The summed E-state index contributed by atoms with van der Waals surface area (Å²) in [5, 5.41) is 26.4. The summed E-state index contributed by atoms with van der Waals surface area (Å²) in [5.41, 5.74) is 4.27. The second kappa shape index (κ2) is 26.0. The average molecular weight is 980 g/mol. The van der Waals surface area contributed by atoms with E-state index in [1.54, 1.807) is 0 Å². The molecular formula is C34H60N7O18P3S. The molecule has 0 radical (unpaired) electrons. The van der Waals surface area contributed by atoms with Crippen LogP contribution >= 0.6 is 35.2 Å². The summed E-state index contributed by atoms with van der Waals surface area (Å²) in [5.74, 6) is -1.11. The molecule has 3 rings (SSSR count). The molecule has 3 heterocycles. The SMILES string of the molecule is CCCCCCCCCCOCCC(=O)SCCNC(=O)CCNC(=O)[C@H](O)C(C)(C)COP(=O)(O)OP(=O)(O)OC[C@H]1O[C@@H](n2cnc3c(N)ncnc32)[C@H](O)[C@@H]1OP(=O)(O)O. The van der Waals surface area contributed by atoms with E-state index in [0.717, 1.165) is 41.8 Å². The number of phosphoric acid groups is 3. The quantitative estimate of drug-likeness (QED) is 0.0386. The Labute approximate surface area is 368 Å². The molecule has 10 N–H and O–H groups in total. The molecule has 2 unspecified atom stereocenters. The van der Waals surface area contributed by atoms with Gasteiger partial charge in [-0.2, -0.15) is 4.31 Å². The number of unbranched alkanes of at least 4 members (excludes halogenated alkanes) is 7.